The standard InChI is InChI=1S/C11H20N2/c1-2-4-13-8-9-5-10(7-12-6-9)11(13)3-1/h9-12H,1-8H2/t9-,10+,11-/m1/s1. The van der Waals surface area contributed by atoms with Gasteiger partial charge >= 0.3 is 0 Å². The SMILES string of the molecule is C1CCN2C[C@H]3CNC[C@H](C3)[C@H]2C1. The van der Waals surface area contributed by atoms with E-state index in [-0.39, 0.29) is 0 Å². The molecule has 2 heteroatoms. The molecule has 0 saturated carbocycles. The monoisotopic (exact) mass is 180 g/mol. The molecule has 0 unspecified atom stereocenters. The second-order valence-corrected chi connectivity index (χ2v) is 5.08. The number of nitrogens with zero attached hydrogens (tertiary/aromatic N) is 1. The summed E-state index contributed by atoms with van der Waals surface area (Å²) in [6.07, 6.45) is 5.90. The van der Waals surface area contributed by atoms with Crippen LogP contribution in [0.25, 0.3) is 0 Å². The van der Waals surface area contributed by atoms with Crippen LogP contribution in [0.1, 0.15) is 25.7 Å². The van der Waals surface area contributed by atoms with Gasteiger partial charge in [-0.25, -0.2) is 0 Å². The predicted molar refractivity (Wildman–Crippen MR) is 53.7 cm³/mol. The summed E-state index contributed by atoms with van der Waals surface area (Å²) in [6, 6.07) is 0.942. The number of fused-ring (bicyclic) bond motifs is 4. The molecule has 0 aromatic heterocycles. The van der Waals surface area contributed by atoms with E-state index >= 15 is 0 Å². The van der Waals surface area contributed by atoms with E-state index in [2.05, 4.69) is 10.2 Å². The summed E-state index contributed by atoms with van der Waals surface area (Å²) in [5.74, 6) is 1.95. The Morgan fingerprint density at radius 2 is 2.15 bits per heavy atom. The van der Waals surface area contributed by atoms with Crippen molar-refractivity contribution in [2.24, 2.45) is 11.8 Å². The molecule has 2 nitrogen and oxygen atoms in total. The molecular weight excluding hydrogens is 160 g/mol. The smallest absolute Gasteiger partial charge is 0.0136 e. The molecule has 3 atom stereocenters. The fraction of sp³-hybridized carbons (Fsp3) is 1.00. The second-order valence-electron chi connectivity index (χ2n) is 5.08. The summed E-state index contributed by atoms with van der Waals surface area (Å²) in [6.45, 7) is 5.34. The molecule has 0 aromatic carbocycles. The van der Waals surface area contributed by atoms with Crippen molar-refractivity contribution in [3.05, 3.63) is 0 Å². The van der Waals surface area contributed by atoms with Crippen molar-refractivity contribution in [1.82, 2.24) is 10.2 Å². The van der Waals surface area contributed by atoms with Gasteiger partial charge < -0.3 is 5.32 Å². The second kappa shape index (κ2) is 3.25. The molecule has 0 aromatic rings. The van der Waals surface area contributed by atoms with E-state index in [9.17, 15) is 0 Å². The normalized spacial score (nSPS) is 45.7. The Morgan fingerprint density at radius 1 is 1.15 bits per heavy atom. The molecule has 3 aliphatic rings. The topological polar surface area (TPSA) is 15.3 Å². The van der Waals surface area contributed by atoms with Crippen LogP contribution in [0.5, 0.6) is 0 Å². The summed E-state index contributed by atoms with van der Waals surface area (Å²) in [4.78, 5) is 2.78. The van der Waals surface area contributed by atoms with E-state index in [1.54, 1.807) is 0 Å². The maximum atomic E-state index is 3.59. The van der Waals surface area contributed by atoms with E-state index in [4.69, 9.17) is 0 Å². The molecule has 74 valence electrons. The van der Waals surface area contributed by atoms with Gasteiger partial charge in [0.15, 0.2) is 0 Å². The quantitative estimate of drug-likeness (QED) is 0.600. The van der Waals surface area contributed by atoms with Crippen LogP contribution in [0.15, 0.2) is 0 Å². The van der Waals surface area contributed by atoms with E-state index in [0.29, 0.717) is 0 Å². The Morgan fingerprint density at radius 3 is 3.15 bits per heavy atom. The molecule has 0 spiro atoms. The van der Waals surface area contributed by atoms with Crippen molar-refractivity contribution in [3.63, 3.8) is 0 Å². The molecule has 1 N–H and O–H groups in total. The van der Waals surface area contributed by atoms with Crippen LogP contribution in [-0.4, -0.2) is 37.1 Å². The highest BCUT2D eigenvalue weighted by molar-refractivity contribution is 4.94. The highest BCUT2D eigenvalue weighted by Gasteiger charge is 2.38. The Kier molecular flexibility index (Phi) is 2.06. The first-order valence-electron chi connectivity index (χ1n) is 5.88. The lowest BCUT2D eigenvalue weighted by molar-refractivity contribution is 0.0109. The zero-order chi connectivity index (χ0) is 8.67. The molecular formula is C11H20N2. The largest absolute Gasteiger partial charge is 0.316 e. The lowest BCUT2D eigenvalue weighted by Gasteiger charge is -2.50. The molecule has 3 heterocycles. The van der Waals surface area contributed by atoms with Crippen LogP contribution < -0.4 is 5.32 Å². The summed E-state index contributed by atoms with van der Waals surface area (Å²) < 4.78 is 0. The Hall–Kier alpha value is -0.0800. The number of piperidine rings is 3. The zero-order valence-electron chi connectivity index (χ0n) is 8.34. The lowest BCUT2D eigenvalue weighted by atomic mass is 9.77. The van der Waals surface area contributed by atoms with Gasteiger partial charge in [-0.15, -0.1) is 0 Å². The van der Waals surface area contributed by atoms with Crippen LogP contribution in [0, 0.1) is 11.8 Å². The number of nitrogens with one attached hydrogen (secondary N) is 1. The molecule has 2 bridgehead atoms. The van der Waals surface area contributed by atoms with Crippen molar-refractivity contribution in [1.29, 1.82) is 0 Å². The summed E-state index contributed by atoms with van der Waals surface area (Å²) in [5, 5.41) is 3.59. The number of rotatable bonds is 0. The van der Waals surface area contributed by atoms with Crippen molar-refractivity contribution < 1.29 is 0 Å². The van der Waals surface area contributed by atoms with Crippen molar-refractivity contribution in [2.75, 3.05) is 26.2 Å². The van der Waals surface area contributed by atoms with Crippen LogP contribution in [0.4, 0.5) is 0 Å². The minimum Gasteiger partial charge on any atom is -0.316 e. The molecule has 0 radical (unpaired) electrons. The van der Waals surface area contributed by atoms with Gasteiger partial charge in [0, 0.05) is 12.6 Å². The molecule has 3 rings (SSSR count). The average molecular weight is 180 g/mol. The third-order valence-electron chi connectivity index (χ3n) is 4.18. The van der Waals surface area contributed by atoms with Crippen molar-refractivity contribution >= 4 is 0 Å². The van der Waals surface area contributed by atoms with Gasteiger partial charge in [-0.1, -0.05) is 6.42 Å². The van der Waals surface area contributed by atoms with E-state index in [1.807, 2.05) is 0 Å². The zero-order valence-corrected chi connectivity index (χ0v) is 8.34. The van der Waals surface area contributed by atoms with Crippen LogP contribution in [0.2, 0.25) is 0 Å². The first kappa shape index (κ1) is 8.25. The van der Waals surface area contributed by atoms with Gasteiger partial charge in [0.2, 0.25) is 0 Å². The highest BCUT2D eigenvalue weighted by Crippen LogP contribution is 2.34. The lowest BCUT2D eigenvalue weighted by Crippen LogP contribution is -2.58. The van der Waals surface area contributed by atoms with Gasteiger partial charge in [0.05, 0.1) is 0 Å². The van der Waals surface area contributed by atoms with Gasteiger partial charge in [-0.05, 0) is 50.7 Å². The summed E-state index contributed by atoms with van der Waals surface area (Å²) >= 11 is 0. The van der Waals surface area contributed by atoms with E-state index in [0.717, 1.165) is 17.9 Å². The van der Waals surface area contributed by atoms with Crippen molar-refractivity contribution in [3.8, 4) is 0 Å². The van der Waals surface area contributed by atoms with E-state index in [1.165, 1.54) is 51.9 Å². The Balaban J connectivity index is 1.77. The first-order valence-corrected chi connectivity index (χ1v) is 5.88. The van der Waals surface area contributed by atoms with Gasteiger partial charge in [-0.3, -0.25) is 4.90 Å². The number of hydrogen-bond acceptors (Lipinski definition) is 2. The first-order chi connectivity index (χ1) is 6.43. The third kappa shape index (κ3) is 1.40. The van der Waals surface area contributed by atoms with Gasteiger partial charge in [0.25, 0.3) is 0 Å². The average Bonchev–Trinajstić information content (AvgIpc) is 2.18. The molecule has 13 heavy (non-hydrogen) atoms. The minimum absolute atomic E-state index is 0.942. The summed E-state index contributed by atoms with van der Waals surface area (Å²) in [5.41, 5.74) is 0. The fourth-order valence-electron chi connectivity index (χ4n) is 3.61. The highest BCUT2D eigenvalue weighted by atomic mass is 15.2. The number of hydrogen-bond donors (Lipinski definition) is 1. The maximum absolute atomic E-state index is 3.59. The minimum atomic E-state index is 0.942. The Labute approximate surface area is 80.7 Å². The molecule has 3 saturated heterocycles. The van der Waals surface area contributed by atoms with Crippen LogP contribution >= 0.6 is 0 Å². The van der Waals surface area contributed by atoms with E-state index < -0.39 is 0 Å². The van der Waals surface area contributed by atoms with Crippen LogP contribution in [0.3, 0.4) is 0 Å². The van der Waals surface area contributed by atoms with Gasteiger partial charge in [-0.2, -0.15) is 0 Å². The van der Waals surface area contributed by atoms with Gasteiger partial charge in [0.1, 0.15) is 0 Å². The Bertz CT molecular complexity index is 189. The molecule has 0 aliphatic carbocycles. The summed E-state index contributed by atoms with van der Waals surface area (Å²) in [7, 11) is 0. The maximum Gasteiger partial charge on any atom is 0.0136 e. The fourth-order valence-corrected chi connectivity index (χ4v) is 3.61. The van der Waals surface area contributed by atoms with Crippen molar-refractivity contribution in [2.45, 2.75) is 31.7 Å². The molecule has 3 aliphatic heterocycles. The third-order valence-corrected chi connectivity index (χ3v) is 4.18. The molecule has 3 fully saturated rings. The predicted octanol–water partition coefficient (Wildman–Crippen LogP) is 1.08. The van der Waals surface area contributed by atoms with Crippen LogP contribution in [-0.2, 0) is 0 Å². The molecule has 0 amide bonds.